The van der Waals surface area contributed by atoms with E-state index in [0.717, 1.165) is 43.9 Å². The van der Waals surface area contributed by atoms with Crippen molar-refractivity contribution >= 4 is 17.9 Å². The molecule has 3 fully saturated rings. The van der Waals surface area contributed by atoms with Gasteiger partial charge in [0.1, 0.15) is 11.4 Å². The van der Waals surface area contributed by atoms with Crippen LogP contribution < -0.4 is 4.74 Å². The van der Waals surface area contributed by atoms with Crippen molar-refractivity contribution < 1.29 is 44.7 Å². The molecule has 2 aromatic rings. The highest BCUT2D eigenvalue weighted by atomic mass is 16.5. The first-order valence-electron chi connectivity index (χ1n) is 14.0. The van der Waals surface area contributed by atoms with Crippen molar-refractivity contribution in [3.8, 4) is 5.75 Å². The molecule has 222 valence electrons. The molecule has 2 saturated carbocycles. The number of hydrogen-bond donors (Lipinski definition) is 5. The molecule has 41 heavy (non-hydrogen) atoms. The zero-order chi connectivity index (χ0) is 29.6. The monoisotopic (exact) mass is 570 g/mol. The molecule has 0 unspecified atom stereocenters. The number of carbonyl (C=O) groups is 3. The van der Waals surface area contributed by atoms with Gasteiger partial charge in [0.2, 0.25) is 0 Å². The first-order chi connectivity index (χ1) is 19.5. The van der Waals surface area contributed by atoms with E-state index < -0.39 is 42.0 Å². The number of aliphatic carboxylic acids is 3. The maximum Gasteiger partial charge on any atom is 0.336 e. The highest BCUT2D eigenvalue weighted by Crippen LogP contribution is 2.50. The first-order valence-corrected chi connectivity index (χ1v) is 14.0. The predicted octanol–water partition coefficient (Wildman–Crippen LogP) is 2.88. The van der Waals surface area contributed by atoms with Crippen molar-refractivity contribution in [2.45, 2.75) is 75.2 Å². The molecule has 0 radical (unpaired) electrons. The number of fused-ring (bicyclic) bond motifs is 1. The maximum atomic E-state index is 11.4. The van der Waals surface area contributed by atoms with Gasteiger partial charge < -0.3 is 30.3 Å². The van der Waals surface area contributed by atoms with Crippen molar-refractivity contribution in [1.29, 1.82) is 0 Å². The molecule has 1 aliphatic heterocycles. The summed E-state index contributed by atoms with van der Waals surface area (Å²) in [6.07, 6.45) is 6.77. The molecule has 1 aromatic heterocycles. The Morgan fingerprint density at radius 3 is 2.29 bits per heavy atom. The quantitative estimate of drug-likeness (QED) is 0.284. The van der Waals surface area contributed by atoms with E-state index in [-0.39, 0.29) is 5.92 Å². The van der Waals surface area contributed by atoms with Crippen LogP contribution in [0.3, 0.4) is 0 Å². The van der Waals surface area contributed by atoms with Crippen LogP contribution in [0.2, 0.25) is 0 Å². The molecule has 3 aliphatic rings. The first kappa shape index (κ1) is 30.4. The summed E-state index contributed by atoms with van der Waals surface area (Å²) in [5.74, 6) is -3.17. The molecule has 5 N–H and O–H groups in total. The maximum absolute atomic E-state index is 11.4. The molecular weight excluding hydrogens is 532 g/mol. The SMILES string of the molecule is O=C(O)CC(O)(CC(=O)O)C(=O)O.O[C@@]1(c2ccccn2)CC[C@H]2CN(Cc3cccc(OC4CCCC4)c3)C[C@H]21. The molecular formula is C30H38N2O9. The fourth-order valence-electron chi connectivity index (χ4n) is 6.34. The van der Waals surface area contributed by atoms with Crippen molar-refractivity contribution in [2.24, 2.45) is 11.8 Å². The Bertz CT molecular complexity index is 1200. The molecule has 1 saturated heterocycles. The molecule has 11 heteroatoms. The lowest BCUT2D eigenvalue weighted by atomic mass is 9.85. The van der Waals surface area contributed by atoms with Crippen LogP contribution in [0.15, 0.2) is 48.7 Å². The summed E-state index contributed by atoms with van der Waals surface area (Å²) in [7, 11) is 0. The van der Waals surface area contributed by atoms with Crippen LogP contribution in [0, 0.1) is 11.8 Å². The molecule has 0 bridgehead atoms. The summed E-state index contributed by atoms with van der Waals surface area (Å²) < 4.78 is 6.18. The number of pyridine rings is 1. The van der Waals surface area contributed by atoms with Gasteiger partial charge >= 0.3 is 17.9 Å². The summed E-state index contributed by atoms with van der Waals surface area (Å²) in [6, 6.07) is 14.5. The van der Waals surface area contributed by atoms with Crippen LogP contribution in [0.5, 0.6) is 5.75 Å². The normalized spacial score (nSPS) is 24.3. The highest BCUT2D eigenvalue weighted by molar-refractivity contribution is 5.88. The van der Waals surface area contributed by atoms with Crippen molar-refractivity contribution in [3.63, 3.8) is 0 Å². The van der Waals surface area contributed by atoms with Crippen molar-refractivity contribution in [2.75, 3.05) is 13.1 Å². The molecule has 3 atom stereocenters. The topological polar surface area (TPSA) is 178 Å². The number of hydrogen-bond acceptors (Lipinski definition) is 8. The molecule has 1 aromatic carbocycles. The van der Waals surface area contributed by atoms with E-state index >= 15 is 0 Å². The molecule has 5 rings (SSSR count). The lowest BCUT2D eigenvalue weighted by Gasteiger charge is -2.29. The zero-order valence-corrected chi connectivity index (χ0v) is 22.9. The Morgan fingerprint density at radius 1 is 0.976 bits per heavy atom. The third kappa shape index (κ3) is 7.60. The number of carboxylic acid groups (broad SMARTS) is 3. The summed E-state index contributed by atoms with van der Waals surface area (Å²) in [5.41, 5.74) is -1.36. The minimum atomic E-state index is -2.74. The van der Waals surface area contributed by atoms with E-state index in [0.29, 0.717) is 12.0 Å². The molecule has 2 heterocycles. The third-order valence-electron chi connectivity index (χ3n) is 8.33. The van der Waals surface area contributed by atoms with E-state index in [1.165, 1.54) is 31.2 Å². The van der Waals surface area contributed by atoms with Crippen LogP contribution in [0.1, 0.15) is 62.6 Å². The lowest BCUT2D eigenvalue weighted by Crippen LogP contribution is -2.42. The number of aliphatic hydroxyl groups is 2. The summed E-state index contributed by atoms with van der Waals surface area (Å²) >= 11 is 0. The van der Waals surface area contributed by atoms with E-state index in [9.17, 15) is 19.5 Å². The van der Waals surface area contributed by atoms with Crippen LogP contribution >= 0.6 is 0 Å². The average molecular weight is 571 g/mol. The number of aromatic nitrogens is 1. The average Bonchev–Trinajstić information content (AvgIpc) is 3.64. The third-order valence-corrected chi connectivity index (χ3v) is 8.33. The van der Waals surface area contributed by atoms with Gasteiger partial charge in [-0.05, 0) is 74.3 Å². The van der Waals surface area contributed by atoms with Gasteiger partial charge in [0.05, 0.1) is 24.6 Å². The minimum Gasteiger partial charge on any atom is -0.490 e. The Kier molecular flexibility index (Phi) is 9.62. The van der Waals surface area contributed by atoms with Gasteiger partial charge in [-0.1, -0.05) is 18.2 Å². The van der Waals surface area contributed by atoms with Crippen LogP contribution in [0.25, 0.3) is 0 Å². The van der Waals surface area contributed by atoms with Crippen molar-refractivity contribution in [1.82, 2.24) is 9.88 Å². The number of likely N-dealkylation sites (tertiary alicyclic amines) is 1. The number of carboxylic acids is 3. The Hall–Kier alpha value is -3.54. The Morgan fingerprint density at radius 2 is 1.68 bits per heavy atom. The van der Waals surface area contributed by atoms with Gasteiger partial charge in [0, 0.05) is 31.7 Å². The smallest absolute Gasteiger partial charge is 0.336 e. The number of rotatable bonds is 10. The standard InChI is InChI=1S/C24H30N2O2.C6H8O7/c27-24(23-10-3-4-13-25-23)12-11-19-16-26(17-22(19)24)15-18-6-5-9-21(14-18)28-20-7-1-2-8-20;7-3(8)1-6(13,5(11)12)2-4(9)10/h3-6,9-10,13-14,19-20,22,27H,1-2,7-8,11-12,15-17H2;13H,1-2H2,(H,7,8)(H,9,10)(H,11,12)/t19-,22+,24-;/m0./s1. The second-order valence-electron chi connectivity index (χ2n) is 11.4. The summed E-state index contributed by atoms with van der Waals surface area (Å²) in [4.78, 5) is 37.5. The molecule has 11 nitrogen and oxygen atoms in total. The fourth-order valence-corrected chi connectivity index (χ4v) is 6.34. The molecule has 2 aliphatic carbocycles. The van der Waals surface area contributed by atoms with Gasteiger partial charge in [-0.2, -0.15) is 0 Å². The highest BCUT2D eigenvalue weighted by Gasteiger charge is 2.53. The van der Waals surface area contributed by atoms with Gasteiger partial charge in [-0.25, -0.2) is 4.79 Å². The van der Waals surface area contributed by atoms with Crippen LogP contribution in [-0.4, -0.2) is 78.1 Å². The van der Waals surface area contributed by atoms with Gasteiger partial charge in [-0.3, -0.25) is 19.5 Å². The predicted molar refractivity (Wildman–Crippen MR) is 146 cm³/mol. The molecule has 0 amide bonds. The molecule has 0 spiro atoms. The minimum absolute atomic E-state index is 0.278. The second kappa shape index (κ2) is 13.0. The fraction of sp³-hybridized carbons (Fsp3) is 0.533. The van der Waals surface area contributed by atoms with E-state index in [2.05, 4.69) is 34.1 Å². The van der Waals surface area contributed by atoms with Crippen LogP contribution in [-0.2, 0) is 26.5 Å². The summed E-state index contributed by atoms with van der Waals surface area (Å²) in [6.45, 7) is 2.92. The number of nitrogens with zero attached hydrogens (tertiary/aromatic N) is 2. The summed E-state index contributed by atoms with van der Waals surface area (Å²) in [5, 5.41) is 45.2. The number of benzene rings is 1. The van der Waals surface area contributed by atoms with Crippen molar-refractivity contribution in [3.05, 3.63) is 59.9 Å². The van der Waals surface area contributed by atoms with Gasteiger partial charge in [-0.15, -0.1) is 0 Å². The van der Waals surface area contributed by atoms with E-state index in [1.54, 1.807) is 6.20 Å². The Balaban J connectivity index is 0.000000254. The van der Waals surface area contributed by atoms with E-state index in [1.807, 2.05) is 18.2 Å². The van der Waals surface area contributed by atoms with E-state index in [4.69, 9.17) is 25.2 Å². The Labute approximate surface area is 238 Å². The van der Waals surface area contributed by atoms with Crippen LogP contribution in [0.4, 0.5) is 0 Å². The zero-order valence-electron chi connectivity index (χ0n) is 22.9. The largest absolute Gasteiger partial charge is 0.490 e. The van der Waals surface area contributed by atoms with Gasteiger partial charge in [0.25, 0.3) is 0 Å². The number of ether oxygens (including phenoxy) is 1. The van der Waals surface area contributed by atoms with Gasteiger partial charge in [0.15, 0.2) is 5.60 Å². The lowest BCUT2D eigenvalue weighted by molar-refractivity contribution is -0.170. The second-order valence-corrected chi connectivity index (χ2v) is 11.4.